The number of carboxylic acid groups (broad SMARTS) is 1. The highest BCUT2D eigenvalue weighted by Crippen LogP contribution is 2.76. The van der Waals surface area contributed by atoms with E-state index in [0.717, 1.165) is 11.6 Å². The Morgan fingerprint density at radius 1 is 0.483 bits per heavy atom. The third-order valence-corrected chi connectivity index (χ3v) is 29.0. The SMILES string of the molecule is COc1ccc(C=CC(=O)OC2C(C)OC(OC(=O)C34CCC(C)(C)CC3C3=CCC5C6(C)CC(O)C(OC7OC(CO)C(O)C(O)C7O)C(C)(C(=O)O)C6CCC5(C)C3(CO)CC4)C(OC3OC(C)C(OC4OCC(OC5OC(CO)C(O)C(O)C5O)C(O)C4O)C(OC4OC(C)C(O)C(O)C4O)C3O)C2OC2OC(C)C(O)C(O)C2O)cc1. The summed E-state index contributed by atoms with van der Waals surface area (Å²) in [4.78, 5) is 45.2. The molecule has 7 heterocycles. The number of aliphatic carboxylic acids is 1. The maximum absolute atomic E-state index is 16.7. The lowest BCUT2D eigenvalue weighted by Gasteiger charge is -2.71. The second kappa shape index (κ2) is 36.0. The molecule has 39 nitrogen and oxygen atoms in total. The zero-order chi connectivity index (χ0) is 87.4. The van der Waals surface area contributed by atoms with Crippen molar-refractivity contribution < 1.29 is 192 Å². The molecule has 0 amide bonds. The number of carbonyl (C=O) groups excluding carboxylic acids is 2. The number of aliphatic hydroxyl groups is 19. The van der Waals surface area contributed by atoms with Gasteiger partial charge in [0.15, 0.2) is 49.9 Å². The van der Waals surface area contributed by atoms with Crippen LogP contribution < -0.4 is 4.74 Å². The van der Waals surface area contributed by atoms with E-state index in [2.05, 4.69) is 6.92 Å². The fourth-order valence-electron chi connectivity index (χ4n) is 21.9. The first kappa shape index (κ1) is 93.3. The Morgan fingerprint density at radius 2 is 0.983 bits per heavy atom. The van der Waals surface area contributed by atoms with Gasteiger partial charge in [0.05, 0.1) is 74.9 Å². The fourth-order valence-corrected chi connectivity index (χ4v) is 21.9. The molecule has 44 atom stereocenters. The minimum Gasteiger partial charge on any atom is -0.497 e. The number of rotatable bonds is 22. The third-order valence-electron chi connectivity index (χ3n) is 29.0. The van der Waals surface area contributed by atoms with E-state index in [9.17, 15) is 112 Å². The Balaban J connectivity index is 0.854. The highest BCUT2D eigenvalue weighted by atomic mass is 16.8. The number of esters is 2. The van der Waals surface area contributed by atoms with Gasteiger partial charge in [0, 0.05) is 11.5 Å². The number of carboxylic acids is 1. The maximum Gasteiger partial charge on any atom is 0.331 e. The topological polar surface area (TPSA) is 603 Å². The molecule has 44 unspecified atom stereocenters. The summed E-state index contributed by atoms with van der Waals surface area (Å²) in [6.07, 6.45) is -59.1. The molecule has 0 spiro atoms. The molecule has 4 saturated carbocycles. The molecule has 1 aromatic rings. The number of carbonyl (C=O) groups is 3. The molecule has 0 bridgehead atoms. The second-order valence-electron chi connectivity index (χ2n) is 36.5. The molecule has 1 aromatic carbocycles. The maximum atomic E-state index is 16.7. The molecule has 0 aromatic heterocycles. The molecule has 7 aliphatic heterocycles. The van der Waals surface area contributed by atoms with Gasteiger partial charge >= 0.3 is 17.9 Å². The number of methoxy groups -OCH3 is 1. The lowest BCUT2D eigenvalue weighted by atomic mass is 9.33. The third kappa shape index (κ3) is 16.6. The molecule has 13 rings (SSSR count). The number of fused-ring (bicyclic) bond motifs is 7. The largest absolute Gasteiger partial charge is 0.497 e. The number of hydrogen-bond acceptors (Lipinski definition) is 38. The van der Waals surface area contributed by atoms with Crippen molar-refractivity contribution >= 4 is 24.0 Å². The van der Waals surface area contributed by atoms with Crippen LogP contribution >= 0.6 is 0 Å². The van der Waals surface area contributed by atoms with Crippen LogP contribution in [-0.4, -0.2) is 375 Å². The van der Waals surface area contributed by atoms with E-state index in [1.807, 2.05) is 26.8 Å². The number of benzene rings is 1. The quantitative estimate of drug-likeness (QED) is 0.0225. The highest BCUT2D eigenvalue weighted by molar-refractivity contribution is 5.87. The molecule has 39 heteroatoms. The molecule has 7 saturated heterocycles. The van der Waals surface area contributed by atoms with Crippen LogP contribution in [0, 0.1) is 50.2 Å². The van der Waals surface area contributed by atoms with Crippen LogP contribution in [0.2, 0.25) is 0 Å². The van der Waals surface area contributed by atoms with E-state index >= 15 is 4.79 Å². The van der Waals surface area contributed by atoms with Gasteiger partial charge in [-0.25, -0.2) is 4.79 Å². The van der Waals surface area contributed by atoms with Crippen LogP contribution in [-0.2, 0) is 85.4 Å². The number of ether oxygens (including phenoxy) is 16. The van der Waals surface area contributed by atoms with Gasteiger partial charge in [-0.1, -0.05) is 51.5 Å². The van der Waals surface area contributed by atoms with E-state index in [0.29, 0.717) is 30.6 Å². The van der Waals surface area contributed by atoms with E-state index < -0.39 is 316 Å². The smallest absolute Gasteiger partial charge is 0.331 e. The van der Waals surface area contributed by atoms with E-state index in [1.54, 1.807) is 24.3 Å². The number of aliphatic hydroxyl groups excluding tert-OH is 19. The first-order valence-corrected chi connectivity index (χ1v) is 41.4. The summed E-state index contributed by atoms with van der Waals surface area (Å²) in [7, 11) is 1.47. The Kier molecular flexibility index (Phi) is 28.0. The molecular weight excluding hydrogens is 1600 g/mol. The summed E-state index contributed by atoms with van der Waals surface area (Å²) in [5, 5.41) is 225. The Labute approximate surface area is 692 Å². The molecule has 5 aliphatic carbocycles. The van der Waals surface area contributed by atoms with Crippen molar-refractivity contribution in [2.24, 2.45) is 50.2 Å². The highest BCUT2D eigenvalue weighted by Gasteiger charge is 2.74. The van der Waals surface area contributed by atoms with Crippen LogP contribution in [0.4, 0.5) is 0 Å². The molecular formula is C81H122O39. The molecule has 120 heavy (non-hydrogen) atoms. The minimum absolute atomic E-state index is 0.0380. The van der Waals surface area contributed by atoms with Crippen LogP contribution in [0.15, 0.2) is 42.0 Å². The van der Waals surface area contributed by atoms with E-state index in [4.69, 9.17) is 75.8 Å². The molecule has 680 valence electrons. The van der Waals surface area contributed by atoms with Crippen molar-refractivity contribution in [3.63, 3.8) is 0 Å². The lowest BCUT2D eigenvalue weighted by molar-refractivity contribution is -0.404. The zero-order valence-corrected chi connectivity index (χ0v) is 68.5. The predicted molar refractivity (Wildman–Crippen MR) is 400 cm³/mol. The summed E-state index contributed by atoms with van der Waals surface area (Å²) >= 11 is 0. The first-order valence-electron chi connectivity index (χ1n) is 41.4. The summed E-state index contributed by atoms with van der Waals surface area (Å²) in [5.41, 5.74) is -5.75. The number of allylic oxidation sites excluding steroid dienone is 1. The summed E-state index contributed by atoms with van der Waals surface area (Å²) in [6.45, 7) is 12.3. The van der Waals surface area contributed by atoms with Crippen LogP contribution in [0.3, 0.4) is 0 Å². The minimum atomic E-state index is -2.30. The standard InChI is InChI=1S/C81H122O39/c1-31-46(87)51(92)56(97)68(107-31)116-63-60(101)72(109-33(3)61(63)115-67-55(96)50(91)42(29-106-67)113-70-58(99)53(94)48(89)40(27-82)111-70)118-65-64(117-69-57(98)52(93)47(88)32(2)108-69)62(114-45(86)18-13-35-11-14-36(105-10)15-12-35)34(4)110-73(65)120-75(104)80-22-21-76(5,6)25-38(80)37-16-17-43-77(7)26-39(85)66(119-71-59(100)54(95)49(90)41(28-83)112-71)79(9,74(102)103)44(77)19-20-78(43,8)81(37,30-84)24-23-80/h11-16,18,31-34,38-44,46-73,82-85,87-101H,17,19-30H2,1-10H3,(H,102,103). The molecule has 0 radical (unpaired) electrons. The van der Waals surface area contributed by atoms with Crippen LogP contribution in [0.1, 0.15) is 126 Å². The second-order valence-corrected chi connectivity index (χ2v) is 36.5. The van der Waals surface area contributed by atoms with Crippen molar-refractivity contribution in [3.8, 4) is 5.75 Å². The Morgan fingerprint density at radius 3 is 1.55 bits per heavy atom. The van der Waals surface area contributed by atoms with Gasteiger partial charge in [-0.3, -0.25) is 9.59 Å². The Hall–Kier alpha value is -4.37. The summed E-state index contributed by atoms with van der Waals surface area (Å²) in [6, 6.07) is 6.57. The van der Waals surface area contributed by atoms with Gasteiger partial charge in [-0.05, 0) is 150 Å². The number of hydrogen-bond donors (Lipinski definition) is 20. The average Bonchev–Trinajstić information content (AvgIpc) is 0.664. The Bertz CT molecular complexity index is 3740. The predicted octanol–water partition coefficient (Wildman–Crippen LogP) is -4.53. The van der Waals surface area contributed by atoms with E-state index in [1.165, 1.54) is 47.8 Å². The van der Waals surface area contributed by atoms with Gasteiger partial charge in [0.25, 0.3) is 0 Å². The van der Waals surface area contributed by atoms with Gasteiger partial charge in [0.1, 0.15) is 140 Å². The average molecular weight is 1720 g/mol. The van der Waals surface area contributed by atoms with Gasteiger partial charge in [-0.15, -0.1) is 0 Å². The summed E-state index contributed by atoms with van der Waals surface area (Å²) < 4.78 is 99.1. The van der Waals surface area contributed by atoms with Gasteiger partial charge in [0.2, 0.25) is 6.29 Å². The monoisotopic (exact) mass is 1720 g/mol. The molecule has 12 aliphatic rings. The summed E-state index contributed by atoms with van der Waals surface area (Å²) in [5.74, 6) is -4.72. The van der Waals surface area contributed by atoms with Crippen molar-refractivity contribution in [2.45, 2.75) is 341 Å². The first-order chi connectivity index (χ1) is 56.5. The van der Waals surface area contributed by atoms with Crippen LogP contribution in [0.25, 0.3) is 6.08 Å². The van der Waals surface area contributed by atoms with Gasteiger partial charge in [-0.2, -0.15) is 0 Å². The van der Waals surface area contributed by atoms with Crippen LogP contribution in [0.5, 0.6) is 5.75 Å². The fraction of sp³-hybridized carbons (Fsp3) is 0.840. The zero-order valence-electron chi connectivity index (χ0n) is 68.5. The lowest BCUT2D eigenvalue weighted by Crippen LogP contribution is -2.71. The van der Waals surface area contributed by atoms with Crippen molar-refractivity contribution in [2.75, 3.05) is 33.5 Å². The van der Waals surface area contributed by atoms with Crippen molar-refractivity contribution in [1.82, 2.24) is 0 Å². The molecule has 11 fully saturated rings. The van der Waals surface area contributed by atoms with Crippen molar-refractivity contribution in [1.29, 1.82) is 0 Å². The normalized spacial score (nSPS) is 50.9. The molecule has 20 N–H and O–H groups in total. The van der Waals surface area contributed by atoms with Crippen molar-refractivity contribution in [3.05, 3.63) is 47.6 Å². The van der Waals surface area contributed by atoms with E-state index in [-0.39, 0.29) is 38.5 Å². The van der Waals surface area contributed by atoms with Gasteiger partial charge < -0.3 is 178 Å².